The summed E-state index contributed by atoms with van der Waals surface area (Å²) in [5.41, 5.74) is 12.6. The number of aliphatic carboxylic acids is 1. The number of halogens is 3. The van der Waals surface area contributed by atoms with E-state index in [9.17, 15) is 23.0 Å². The Morgan fingerprint density at radius 2 is 1.76 bits per heavy atom. The average molecular weight is 568 g/mol. The highest BCUT2D eigenvalue weighted by molar-refractivity contribution is 6.61. The lowest BCUT2D eigenvalue weighted by atomic mass is 9.74. The molecule has 4 N–H and O–H groups in total. The van der Waals surface area contributed by atoms with Crippen LogP contribution < -0.4 is 15.9 Å². The summed E-state index contributed by atoms with van der Waals surface area (Å²) in [5, 5.41) is 17.2. The van der Waals surface area contributed by atoms with Crippen LogP contribution >= 0.6 is 0 Å². The minimum atomic E-state index is -5.08. The van der Waals surface area contributed by atoms with E-state index in [-0.39, 0.29) is 11.3 Å². The van der Waals surface area contributed by atoms with E-state index in [2.05, 4.69) is 6.07 Å². The van der Waals surface area contributed by atoms with Gasteiger partial charge in [0, 0.05) is 36.2 Å². The Bertz CT molecular complexity index is 1470. The highest BCUT2D eigenvalue weighted by Gasteiger charge is 2.44. The summed E-state index contributed by atoms with van der Waals surface area (Å²) in [5.74, 6) is -1.75. The van der Waals surface area contributed by atoms with Crippen LogP contribution in [0, 0.1) is 0 Å². The maximum Gasteiger partial charge on any atom is 0.491 e. The molecule has 1 amide bonds. The van der Waals surface area contributed by atoms with E-state index in [0.717, 1.165) is 46.3 Å². The van der Waals surface area contributed by atoms with Crippen molar-refractivity contribution in [1.82, 2.24) is 4.90 Å². The van der Waals surface area contributed by atoms with E-state index in [4.69, 9.17) is 25.0 Å². The lowest BCUT2D eigenvalue weighted by molar-refractivity contribution is -0.192. The molecule has 3 heterocycles. The Labute approximate surface area is 234 Å². The molecule has 0 saturated carbocycles. The van der Waals surface area contributed by atoms with Crippen LogP contribution in [0.2, 0.25) is 0 Å². The molecule has 1 fully saturated rings. The minimum Gasteiger partial charge on any atom is -0.492 e. The number of nitrogens with two attached hydrogens (primary N) is 1. The van der Waals surface area contributed by atoms with Crippen LogP contribution in [0.1, 0.15) is 39.9 Å². The maximum absolute atomic E-state index is 13.4. The van der Waals surface area contributed by atoms with Crippen molar-refractivity contribution in [1.29, 1.82) is 0 Å². The number of hydrogen-bond donors (Lipinski definition) is 3. The topological polar surface area (TPSA) is 122 Å². The number of piperidine rings is 1. The second-order valence-corrected chi connectivity index (χ2v) is 10.3. The molecule has 8 nitrogen and oxygen atoms in total. The zero-order valence-corrected chi connectivity index (χ0v) is 22.0. The summed E-state index contributed by atoms with van der Waals surface area (Å²) in [4.78, 5) is 24.3. The molecular weight excluding hydrogens is 540 g/mol. The van der Waals surface area contributed by atoms with E-state index in [1.54, 1.807) is 0 Å². The van der Waals surface area contributed by atoms with Crippen molar-refractivity contribution in [2.75, 3.05) is 19.7 Å². The Morgan fingerprint density at radius 1 is 1.05 bits per heavy atom. The molecule has 1 saturated heterocycles. The first kappa shape index (κ1) is 28.7. The van der Waals surface area contributed by atoms with Crippen LogP contribution in [0.4, 0.5) is 13.2 Å². The molecule has 3 aliphatic heterocycles. The SMILES string of the molecule is NCc1ccc2c(c1)C1(CCN(C(=O)c3cccc(-c4cccc5c4COB5O)c3)CC1)CO2.O=C(O)C(F)(F)F. The monoisotopic (exact) mass is 568 g/mol. The summed E-state index contributed by atoms with van der Waals surface area (Å²) in [6, 6.07) is 19.8. The Balaban J connectivity index is 0.000000431. The highest BCUT2D eigenvalue weighted by Crippen LogP contribution is 2.46. The number of fused-ring (bicyclic) bond motifs is 3. The second-order valence-electron chi connectivity index (χ2n) is 10.3. The molecular formula is C29H28BF3N2O6. The first-order valence-corrected chi connectivity index (χ1v) is 13.1. The number of benzene rings is 3. The van der Waals surface area contributed by atoms with Crippen LogP contribution in [0.15, 0.2) is 60.7 Å². The third-order valence-corrected chi connectivity index (χ3v) is 7.89. The van der Waals surface area contributed by atoms with Gasteiger partial charge in [0.2, 0.25) is 0 Å². The van der Waals surface area contributed by atoms with E-state index in [1.807, 2.05) is 59.5 Å². The van der Waals surface area contributed by atoms with Crippen molar-refractivity contribution in [3.63, 3.8) is 0 Å². The first-order valence-electron chi connectivity index (χ1n) is 13.1. The Kier molecular flexibility index (Phi) is 7.82. The summed E-state index contributed by atoms with van der Waals surface area (Å²) in [6.07, 6.45) is -3.33. The quantitative estimate of drug-likeness (QED) is 0.415. The van der Waals surface area contributed by atoms with Gasteiger partial charge < -0.3 is 30.2 Å². The molecule has 214 valence electrons. The van der Waals surface area contributed by atoms with Crippen LogP contribution in [0.5, 0.6) is 5.75 Å². The van der Waals surface area contributed by atoms with Crippen molar-refractivity contribution in [3.8, 4) is 16.9 Å². The van der Waals surface area contributed by atoms with Gasteiger partial charge in [-0.2, -0.15) is 13.2 Å². The van der Waals surface area contributed by atoms with Crippen LogP contribution in [-0.2, 0) is 28.0 Å². The zero-order valence-electron chi connectivity index (χ0n) is 22.0. The highest BCUT2D eigenvalue weighted by atomic mass is 19.4. The third-order valence-electron chi connectivity index (χ3n) is 7.89. The van der Waals surface area contributed by atoms with Gasteiger partial charge in [-0.3, -0.25) is 4.79 Å². The van der Waals surface area contributed by atoms with Gasteiger partial charge in [-0.1, -0.05) is 42.5 Å². The molecule has 0 radical (unpaired) electrons. The molecule has 3 aromatic rings. The van der Waals surface area contributed by atoms with Gasteiger partial charge in [-0.15, -0.1) is 0 Å². The van der Waals surface area contributed by atoms with Crippen molar-refractivity contribution < 1.29 is 42.3 Å². The van der Waals surface area contributed by atoms with Gasteiger partial charge in [-0.25, -0.2) is 4.79 Å². The van der Waals surface area contributed by atoms with Gasteiger partial charge in [0.05, 0.1) is 13.2 Å². The van der Waals surface area contributed by atoms with Crippen LogP contribution in [-0.4, -0.2) is 59.9 Å². The smallest absolute Gasteiger partial charge is 0.491 e. The fourth-order valence-electron chi connectivity index (χ4n) is 5.61. The van der Waals surface area contributed by atoms with E-state index >= 15 is 0 Å². The van der Waals surface area contributed by atoms with Crippen molar-refractivity contribution in [2.45, 2.75) is 37.6 Å². The van der Waals surface area contributed by atoms with E-state index in [1.165, 1.54) is 5.56 Å². The number of hydrogen-bond acceptors (Lipinski definition) is 6. The molecule has 3 aliphatic rings. The molecule has 3 aromatic carbocycles. The number of likely N-dealkylation sites (tertiary alicyclic amines) is 1. The Morgan fingerprint density at radius 3 is 2.44 bits per heavy atom. The summed E-state index contributed by atoms with van der Waals surface area (Å²) >= 11 is 0. The first-order chi connectivity index (χ1) is 19.5. The molecule has 12 heteroatoms. The number of carbonyl (C=O) groups is 2. The number of carbonyl (C=O) groups excluding carboxylic acids is 1. The fraction of sp³-hybridized carbons (Fsp3) is 0.310. The molecule has 0 atom stereocenters. The van der Waals surface area contributed by atoms with Gasteiger partial charge >= 0.3 is 19.3 Å². The molecule has 0 unspecified atom stereocenters. The number of carboxylic acids is 1. The van der Waals surface area contributed by atoms with Gasteiger partial charge in [0.25, 0.3) is 5.91 Å². The number of rotatable bonds is 3. The predicted molar refractivity (Wildman–Crippen MR) is 145 cm³/mol. The lowest BCUT2D eigenvalue weighted by Gasteiger charge is -2.38. The van der Waals surface area contributed by atoms with Crippen LogP contribution in [0.25, 0.3) is 11.1 Å². The lowest BCUT2D eigenvalue weighted by Crippen LogP contribution is -2.46. The summed E-state index contributed by atoms with van der Waals surface area (Å²) in [6.45, 7) is 2.94. The molecule has 0 aliphatic carbocycles. The second kappa shape index (κ2) is 11.2. The molecule has 41 heavy (non-hydrogen) atoms. The van der Waals surface area contributed by atoms with Crippen molar-refractivity contribution in [3.05, 3.63) is 82.9 Å². The minimum absolute atomic E-state index is 0.0371. The largest absolute Gasteiger partial charge is 0.492 e. The molecule has 0 bridgehead atoms. The summed E-state index contributed by atoms with van der Waals surface area (Å²) in [7, 11) is -0.883. The fourth-order valence-corrected chi connectivity index (χ4v) is 5.61. The number of amides is 1. The Hall–Kier alpha value is -3.87. The number of ether oxygens (including phenoxy) is 1. The maximum atomic E-state index is 13.4. The molecule has 0 aromatic heterocycles. The van der Waals surface area contributed by atoms with Gasteiger partial charge in [0.1, 0.15) is 5.75 Å². The third kappa shape index (κ3) is 5.68. The zero-order chi connectivity index (χ0) is 29.4. The molecule has 6 rings (SSSR count). The van der Waals surface area contributed by atoms with Gasteiger partial charge in [-0.05, 0) is 58.8 Å². The number of carboxylic acid groups (broad SMARTS) is 1. The molecule has 1 spiro atoms. The predicted octanol–water partition coefficient (Wildman–Crippen LogP) is 3.23. The standard InChI is InChI=1S/C27H27BN2O4.C2HF3O2/c29-15-18-7-8-25-23(13-18)27(17-33-25)9-11-30(12-10-27)26(31)20-4-1-3-19(14-20)21-5-2-6-24-22(21)16-34-28(24)32;3-2(4,5)1(6)7/h1-8,13-14,32H,9-12,15-17,29H2;(H,6,7). The van der Waals surface area contributed by atoms with Crippen molar-refractivity contribution >= 4 is 24.5 Å². The summed E-state index contributed by atoms with van der Waals surface area (Å²) < 4.78 is 43.2. The number of nitrogens with zero attached hydrogens (tertiary/aromatic N) is 1. The average Bonchev–Trinajstić information content (AvgIpc) is 3.53. The van der Waals surface area contributed by atoms with Gasteiger partial charge in [0.15, 0.2) is 0 Å². The van der Waals surface area contributed by atoms with Crippen LogP contribution in [0.3, 0.4) is 0 Å². The van der Waals surface area contributed by atoms with Crippen molar-refractivity contribution in [2.24, 2.45) is 5.73 Å². The van der Waals surface area contributed by atoms with E-state index < -0.39 is 19.3 Å². The normalized spacial score (nSPS) is 16.9. The number of alkyl halides is 3. The van der Waals surface area contributed by atoms with E-state index in [0.29, 0.717) is 38.4 Å².